The van der Waals surface area contributed by atoms with Gasteiger partial charge < -0.3 is 14.4 Å². The van der Waals surface area contributed by atoms with Crippen molar-refractivity contribution in [1.82, 2.24) is 9.21 Å². The molecule has 0 N–H and O–H groups in total. The van der Waals surface area contributed by atoms with Gasteiger partial charge in [0.1, 0.15) is 23.3 Å². The minimum absolute atomic E-state index is 0.0358. The smallest absolute Gasteiger partial charge is 0.248 e. The Kier molecular flexibility index (Phi) is 7.67. The molecule has 1 unspecified atom stereocenters. The molecular weight excluding hydrogens is 316 g/mol. The van der Waals surface area contributed by atoms with Gasteiger partial charge in [-0.1, -0.05) is 0 Å². The van der Waals surface area contributed by atoms with Crippen molar-refractivity contribution in [2.24, 2.45) is 0 Å². The molecule has 0 heterocycles. The van der Waals surface area contributed by atoms with E-state index >= 15 is 0 Å². The lowest BCUT2D eigenvalue weighted by Crippen LogP contribution is -2.30. The molecule has 1 rings (SSSR count). The second-order valence-corrected chi connectivity index (χ2v) is 7.06. The zero-order valence-electron chi connectivity index (χ0n) is 14.7. The molecule has 0 fully saturated rings. The van der Waals surface area contributed by atoms with Crippen LogP contribution in [0.15, 0.2) is 17.0 Å². The first-order valence-electron chi connectivity index (χ1n) is 7.34. The molecule has 0 aliphatic rings. The summed E-state index contributed by atoms with van der Waals surface area (Å²) < 4.78 is 24.9. The molecule has 0 aromatic heterocycles. The molecule has 130 valence electrons. The van der Waals surface area contributed by atoms with Crippen molar-refractivity contribution in [2.45, 2.75) is 18.7 Å². The van der Waals surface area contributed by atoms with Crippen molar-refractivity contribution in [3.05, 3.63) is 23.3 Å². The predicted octanol–water partition coefficient (Wildman–Crippen LogP) is 1.37. The van der Waals surface area contributed by atoms with Gasteiger partial charge >= 0.3 is 0 Å². The second kappa shape index (κ2) is 9.00. The maximum atomic E-state index is 12.7. The van der Waals surface area contributed by atoms with E-state index in [1.807, 2.05) is 26.0 Å². The van der Waals surface area contributed by atoms with E-state index in [-0.39, 0.29) is 12.5 Å². The Balaban J connectivity index is 2.62. The van der Waals surface area contributed by atoms with Crippen LogP contribution in [0.2, 0.25) is 0 Å². The zero-order valence-corrected chi connectivity index (χ0v) is 15.5. The SMILES string of the molecule is COc1cc(C)c(S(=O)N(C)CCOCC(=O)N(C)C)c(C)c1. The number of rotatable bonds is 8. The first-order chi connectivity index (χ1) is 10.8. The Hall–Kier alpha value is -1.44. The van der Waals surface area contributed by atoms with E-state index in [0.29, 0.717) is 13.2 Å². The third-order valence-electron chi connectivity index (χ3n) is 3.40. The Morgan fingerprint density at radius 3 is 2.22 bits per heavy atom. The number of hydrogen-bond donors (Lipinski definition) is 0. The van der Waals surface area contributed by atoms with Crippen molar-refractivity contribution < 1.29 is 18.5 Å². The van der Waals surface area contributed by atoms with Gasteiger partial charge in [0.05, 0.1) is 18.6 Å². The molecule has 0 bridgehead atoms. The van der Waals surface area contributed by atoms with Gasteiger partial charge in [-0.2, -0.15) is 0 Å². The third kappa shape index (κ3) is 5.60. The normalized spacial score (nSPS) is 12.3. The highest BCUT2D eigenvalue weighted by Gasteiger charge is 2.17. The zero-order chi connectivity index (χ0) is 17.6. The molecule has 1 aromatic carbocycles. The quantitative estimate of drug-likeness (QED) is 0.670. The first-order valence-corrected chi connectivity index (χ1v) is 8.44. The lowest BCUT2D eigenvalue weighted by atomic mass is 10.1. The van der Waals surface area contributed by atoms with Crippen LogP contribution in [0.4, 0.5) is 0 Å². The van der Waals surface area contributed by atoms with Gasteiger partial charge in [0.2, 0.25) is 5.91 Å². The summed E-state index contributed by atoms with van der Waals surface area (Å²) in [5.74, 6) is 0.671. The largest absolute Gasteiger partial charge is 0.497 e. The maximum Gasteiger partial charge on any atom is 0.248 e. The number of hydrogen-bond acceptors (Lipinski definition) is 4. The van der Waals surface area contributed by atoms with E-state index in [1.54, 1.807) is 32.6 Å². The monoisotopic (exact) mass is 342 g/mol. The molecule has 1 atom stereocenters. The van der Waals surface area contributed by atoms with Crippen LogP contribution >= 0.6 is 0 Å². The molecular formula is C16H26N2O4S. The summed E-state index contributed by atoms with van der Waals surface area (Å²) in [4.78, 5) is 13.7. The minimum atomic E-state index is -1.28. The number of ether oxygens (including phenoxy) is 2. The van der Waals surface area contributed by atoms with Gasteiger partial charge in [-0.25, -0.2) is 8.51 Å². The summed E-state index contributed by atoms with van der Waals surface area (Å²) in [6.07, 6.45) is 0. The number of carbonyl (C=O) groups excluding carboxylic acids is 1. The molecule has 1 amide bonds. The summed E-state index contributed by atoms with van der Waals surface area (Å²) in [6, 6.07) is 3.75. The molecule has 0 saturated carbocycles. The lowest BCUT2D eigenvalue weighted by Gasteiger charge is -2.19. The van der Waals surface area contributed by atoms with Crippen LogP contribution in [0, 0.1) is 13.8 Å². The number of amides is 1. The van der Waals surface area contributed by atoms with Crippen molar-refractivity contribution in [3.8, 4) is 5.75 Å². The Morgan fingerprint density at radius 2 is 1.74 bits per heavy atom. The summed E-state index contributed by atoms with van der Waals surface area (Å²) in [5.41, 5.74) is 1.85. The fourth-order valence-electron chi connectivity index (χ4n) is 2.02. The van der Waals surface area contributed by atoms with Crippen LogP contribution in [0.25, 0.3) is 0 Å². The van der Waals surface area contributed by atoms with Gasteiger partial charge in [-0.05, 0) is 37.1 Å². The van der Waals surface area contributed by atoms with Crippen LogP contribution in [-0.4, -0.2) is 67.3 Å². The maximum absolute atomic E-state index is 12.7. The summed E-state index contributed by atoms with van der Waals surface area (Å²) in [7, 11) is 5.47. The number of nitrogens with zero attached hydrogens (tertiary/aromatic N) is 2. The van der Waals surface area contributed by atoms with Crippen LogP contribution in [0.3, 0.4) is 0 Å². The molecule has 6 nitrogen and oxygen atoms in total. The van der Waals surface area contributed by atoms with E-state index < -0.39 is 11.0 Å². The van der Waals surface area contributed by atoms with Gasteiger partial charge in [0, 0.05) is 27.7 Å². The van der Waals surface area contributed by atoms with Gasteiger partial charge in [0.25, 0.3) is 0 Å². The topological polar surface area (TPSA) is 59.1 Å². The van der Waals surface area contributed by atoms with Crippen LogP contribution in [-0.2, 0) is 20.5 Å². The Labute approximate surface area is 140 Å². The van der Waals surface area contributed by atoms with Crippen molar-refractivity contribution >= 4 is 16.9 Å². The molecule has 0 aliphatic carbocycles. The van der Waals surface area contributed by atoms with Crippen LogP contribution in [0.5, 0.6) is 5.75 Å². The number of carbonyl (C=O) groups is 1. The average molecular weight is 342 g/mol. The minimum Gasteiger partial charge on any atom is -0.497 e. The lowest BCUT2D eigenvalue weighted by molar-refractivity contribution is -0.133. The highest BCUT2D eigenvalue weighted by atomic mass is 32.2. The van der Waals surface area contributed by atoms with Gasteiger partial charge in [-0.15, -0.1) is 0 Å². The molecule has 0 saturated heterocycles. The molecule has 7 heteroatoms. The summed E-state index contributed by atoms with van der Waals surface area (Å²) in [6.45, 7) is 4.69. The number of likely N-dealkylation sites (N-methyl/N-ethyl adjacent to an activating group) is 2. The van der Waals surface area contributed by atoms with Crippen molar-refractivity contribution in [3.63, 3.8) is 0 Å². The van der Waals surface area contributed by atoms with Crippen LogP contribution < -0.4 is 4.74 Å². The first kappa shape index (κ1) is 19.6. The standard InChI is InChI=1S/C16H26N2O4S/c1-12-9-14(21-6)10-13(2)16(12)23(20)18(5)7-8-22-11-15(19)17(3)4/h9-10H,7-8,11H2,1-6H3. The fraction of sp³-hybridized carbons (Fsp3) is 0.562. The van der Waals surface area contributed by atoms with E-state index in [0.717, 1.165) is 21.8 Å². The summed E-state index contributed by atoms with van der Waals surface area (Å²) in [5, 5.41) is 0. The predicted molar refractivity (Wildman–Crippen MR) is 91.0 cm³/mol. The highest BCUT2D eigenvalue weighted by molar-refractivity contribution is 7.82. The highest BCUT2D eigenvalue weighted by Crippen LogP contribution is 2.25. The van der Waals surface area contributed by atoms with Crippen molar-refractivity contribution in [2.75, 3.05) is 48.0 Å². The van der Waals surface area contributed by atoms with E-state index in [9.17, 15) is 9.00 Å². The van der Waals surface area contributed by atoms with Gasteiger partial charge in [0.15, 0.2) is 0 Å². The second-order valence-electron chi connectivity index (χ2n) is 5.53. The molecule has 23 heavy (non-hydrogen) atoms. The third-order valence-corrected chi connectivity index (χ3v) is 5.14. The van der Waals surface area contributed by atoms with Crippen molar-refractivity contribution in [1.29, 1.82) is 0 Å². The molecule has 0 radical (unpaired) electrons. The van der Waals surface area contributed by atoms with Crippen LogP contribution in [0.1, 0.15) is 11.1 Å². The number of benzene rings is 1. The van der Waals surface area contributed by atoms with E-state index in [4.69, 9.17) is 9.47 Å². The molecule has 1 aromatic rings. The Bertz CT molecular complexity index is 552. The van der Waals surface area contributed by atoms with E-state index in [1.165, 1.54) is 4.90 Å². The van der Waals surface area contributed by atoms with Gasteiger partial charge in [-0.3, -0.25) is 4.79 Å². The summed E-state index contributed by atoms with van der Waals surface area (Å²) >= 11 is 0. The molecule has 0 aliphatic heterocycles. The number of aryl methyl sites for hydroxylation is 2. The fourth-order valence-corrected chi connectivity index (χ4v) is 3.25. The number of methoxy groups -OCH3 is 1. The molecule has 0 spiro atoms. The average Bonchev–Trinajstić information content (AvgIpc) is 2.49. The Morgan fingerprint density at radius 1 is 1.17 bits per heavy atom. The van der Waals surface area contributed by atoms with E-state index in [2.05, 4.69) is 0 Å².